The molecular formula is C17H23N5O2. The van der Waals surface area contributed by atoms with Crippen molar-refractivity contribution < 1.29 is 9.47 Å². The number of rotatable bonds is 6. The van der Waals surface area contributed by atoms with Gasteiger partial charge in [0.15, 0.2) is 0 Å². The molecular weight excluding hydrogens is 306 g/mol. The van der Waals surface area contributed by atoms with Crippen molar-refractivity contribution in [1.82, 2.24) is 15.0 Å². The molecule has 1 saturated heterocycles. The predicted octanol–water partition coefficient (Wildman–Crippen LogP) is 2.01. The normalized spacial score (nSPS) is 20.6. The highest BCUT2D eigenvalue weighted by atomic mass is 16.5. The summed E-state index contributed by atoms with van der Waals surface area (Å²) in [5.74, 6) is 1.37. The first kappa shape index (κ1) is 16.6. The lowest BCUT2D eigenvalue weighted by Crippen LogP contribution is -2.44. The van der Waals surface area contributed by atoms with Crippen molar-refractivity contribution in [1.29, 1.82) is 0 Å². The summed E-state index contributed by atoms with van der Waals surface area (Å²) in [5, 5.41) is 6.39. The summed E-state index contributed by atoms with van der Waals surface area (Å²) in [5.41, 5.74) is 1.83. The van der Waals surface area contributed by atoms with Crippen LogP contribution in [0.1, 0.15) is 17.8 Å². The van der Waals surface area contributed by atoms with E-state index in [4.69, 9.17) is 9.47 Å². The highest BCUT2D eigenvalue weighted by Gasteiger charge is 2.27. The molecule has 24 heavy (non-hydrogen) atoms. The fourth-order valence-electron chi connectivity index (χ4n) is 2.67. The van der Waals surface area contributed by atoms with Gasteiger partial charge in [0.05, 0.1) is 31.1 Å². The molecule has 128 valence electrons. The smallest absolute Gasteiger partial charge is 0.224 e. The molecule has 7 nitrogen and oxygen atoms in total. The summed E-state index contributed by atoms with van der Waals surface area (Å²) in [7, 11) is 1.81. The fraction of sp³-hybridized carbons (Fsp3) is 0.471. The molecule has 3 heterocycles. The summed E-state index contributed by atoms with van der Waals surface area (Å²) in [4.78, 5) is 13.1. The summed E-state index contributed by atoms with van der Waals surface area (Å²) >= 11 is 0. The van der Waals surface area contributed by atoms with Gasteiger partial charge in [-0.25, -0.2) is 4.98 Å². The number of nitrogens with zero attached hydrogens (tertiary/aromatic N) is 3. The zero-order valence-electron chi connectivity index (χ0n) is 14.0. The highest BCUT2D eigenvalue weighted by Crippen LogP contribution is 2.19. The molecule has 0 bridgehead atoms. The van der Waals surface area contributed by atoms with E-state index < -0.39 is 0 Å². The van der Waals surface area contributed by atoms with Gasteiger partial charge in [0.1, 0.15) is 5.82 Å². The molecule has 0 aliphatic carbocycles. The third-order valence-electron chi connectivity index (χ3n) is 3.88. The Labute approximate surface area is 141 Å². The molecule has 7 heteroatoms. The number of pyridine rings is 1. The molecule has 0 unspecified atom stereocenters. The second-order valence-electron chi connectivity index (χ2n) is 5.75. The van der Waals surface area contributed by atoms with Crippen LogP contribution in [0.3, 0.4) is 0 Å². The minimum atomic E-state index is 0.0430. The summed E-state index contributed by atoms with van der Waals surface area (Å²) < 4.78 is 11.7. The molecule has 2 aromatic rings. The molecule has 3 rings (SSSR count). The first-order valence-electron chi connectivity index (χ1n) is 8.14. The molecule has 1 fully saturated rings. The minimum Gasteiger partial charge on any atom is -0.379 e. The molecule has 2 aromatic heterocycles. The lowest BCUT2D eigenvalue weighted by Gasteiger charge is -2.32. The zero-order chi connectivity index (χ0) is 16.8. The van der Waals surface area contributed by atoms with Crippen LogP contribution in [-0.4, -0.2) is 47.4 Å². The number of aryl methyl sites for hydroxylation is 1. The van der Waals surface area contributed by atoms with Crippen LogP contribution >= 0.6 is 0 Å². The zero-order valence-corrected chi connectivity index (χ0v) is 14.0. The number of aromatic nitrogens is 3. The second kappa shape index (κ2) is 8.03. The van der Waals surface area contributed by atoms with E-state index in [0.29, 0.717) is 25.8 Å². The van der Waals surface area contributed by atoms with Gasteiger partial charge in [-0.05, 0) is 25.5 Å². The van der Waals surface area contributed by atoms with Gasteiger partial charge in [0, 0.05) is 31.6 Å². The highest BCUT2D eigenvalue weighted by molar-refractivity contribution is 5.43. The fourth-order valence-corrected chi connectivity index (χ4v) is 2.67. The van der Waals surface area contributed by atoms with E-state index in [9.17, 15) is 0 Å². The summed E-state index contributed by atoms with van der Waals surface area (Å²) in [6, 6.07) is 7.80. The van der Waals surface area contributed by atoms with E-state index in [0.717, 1.165) is 23.6 Å². The van der Waals surface area contributed by atoms with Crippen LogP contribution in [0.5, 0.6) is 0 Å². The topological polar surface area (TPSA) is 81.2 Å². The Morgan fingerprint density at radius 1 is 1.33 bits per heavy atom. The van der Waals surface area contributed by atoms with Crippen molar-refractivity contribution in [2.24, 2.45) is 0 Å². The SMILES string of the molecule is CNc1nc(C)cc(N[C@@H]2COCC[C@H]2OCc2ccccn2)n1. The average molecular weight is 329 g/mol. The molecule has 2 atom stereocenters. The maximum atomic E-state index is 6.08. The quantitative estimate of drug-likeness (QED) is 0.839. The summed E-state index contributed by atoms with van der Waals surface area (Å²) in [6.45, 7) is 3.73. The van der Waals surface area contributed by atoms with Gasteiger partial charge in [0.2, 0.25) is 5.95 Å². The molecule has 2 N–H and O–H groups in total. The van der Waals surface area contributed by atoms with E-state index in [1.54, 1.807) is 13.2 Å². The molecule has 0 saturated carbocycles. The van der Waals surface area contributed by atoms with Crippen LogP contribution in [0.15, 0.2) is 30.5 Å². The Bertz CT molecular complexity index is 653. The van der Waals surface area contributed by atoms with Crippen molar-refractivity contribution in [3.63, 3.8) is 0 Å². The predicted molar refractivity (Wildman–Crippen MR) is 92.0 cm³/mol. The first-order chi connectivity index (χ1) is 11.7. The molecule has 0 spiro atoms. The van der Waals surface area contributed by atoms with E-state index >= 15 is 0 Å². The molecule has 0 aromatic carbocycles. The minimum absolute atomic E-state index is 0.0430. The number of ether oxygens (including phenoxy) is 2. The van der Waals surface area contributed by atoms with Crippen LogP contribution in [0.4, 0.5) is 11.8 Å². The molecule has 1 aliphatic heterocycles. The maximum absolute atomic E-state index is 6.08. The van der Waals surface area contributed by atoms with Crippen molar-refractivity contribution in [3.8, 4) is 0 Å². The standard InChI is InChI=1S/C17H23N5O2/c1-12-9-16(22-17(18-2)20-12)21-14-11-23-8-6-15(14)24-10-13-5-3-4-7-19-13/h3-5,7,9,14-15H,6,8,10-11H2,1-2H3,(H2,18,20,21,22)/t14-,15-/m1/s1. The number of hydrogen-bond donors (Lipinski definition) is 2. The van der Waals surface area contributed by atoms with Gasteiger partial charge in [-0.2, -0.15) is 4.98 Å². The Hall–Kier alpha value is -2.25. The van der Waals surface area contributed by atoms with Crippen LogP contribution in [-0.2, 0) is 16.1 Å². The van der Waals surface area contributed by atoms with Crippen LogP contribution in [0, 0.1) is 6.92 Å². The Balaban J connectivity index is 1.65. The molecule has 0 radical (unpaired) electrons. The van der Waals surface area contributed by atoms with E-state index in [-0.39, 0.29) is 12.1 Å². The van der Waals surface area contributed by atoms with Gasteiger partial charge in [-0.1, -0.05) is 6.07 Å². The lowest BCUT2D eigenvalue weighted by atomic mass is 10.1. The first-order valence-corrected chi connectivity index (χ1v) is 8.14. The third kappa shape index (κ3) is 4.39. The Kier molecular flexibility index (Phi) is 5.55. The average Bonchev–Trinajstić information content (AvgIpc) is 2.61. The van der Waals surface area contributed by atoms with E-state index in [1.807, 2.05) is 31.2 Å². The van der Waals surface area contributed by atoms with Crippen molar-refractivity contribution in [2.75, 3.05) is 30.9 Å². The summed E-state index contributed by atoms with van der Waals surface area (Å²) in [6.07, 6.45) is 2.67. The Morgan fingerprint density at radius 3 is 3.04 bits per heavy atom. The van der Waals surface area contributed by atoms with E-state index in [1.165, 1.54) is 0 Å². The van der Waals surface area contributed by atoms with Gasteiger partial charge >= 0.3 is 0 Å². The van der Waals surface area contributed by atoms with Crippen molar-refractivity contribution in [3.05, 3.63) is 41.9 Å². The van der Waals surface area contributed by atoms with Gasteiger partial charge in [-0.15, -0.1) is 0 Å². The van der Waals surface area contributed by atoms with Crippen LogP contribution < -0.4 is 10.6 Å². The number of nitrogens with one attached hydrogen (secondary N) is 2. The van der Waals surface area contributed by atoms with Crippen molar-refractivity contribution >= 4 is 11.8 Å². The number of anilines is 2. The van der Waals surface area contributed by atoms with Gasteiger partial charge in [-0.3, -0.25) is 4.98 Å². The Morgan fingerprint density at radius 2 is 2.25 bits per heavy atom. The lowest BCUT2D eigenvalue weighted by molar-refractivity contribution is -0.0487. The molecule has 0 amide bonds. The maximum Gasteiger partial charge on any atom is 0.224 e. The van der Waals surface area contributed by atoms with Gasteiger partial charge in [0.25, 0.3) is 0 Å². The molecule has 1 aliphatic rings. The largest absolute Gasteiger partial charge is 0.379 e. The van der Waals surface area contributed by atoms with Crippen molar-refractivity contribution in [2.45, 2.75) is 32.1 Å². The van der Waals surface area contributed by atoms with Crippen LogP contribution in [0.2, 0.25) is 0 Å². The monoisotopic (exact) mass is 329 g/mol. The third-order valence-corrected chi connectivity index (χ3v) is 3.88. The van der Waals surface area contributed by atoms with E-state index in [2.05, 4.69) is 25.6 Å². The second-order valence-corrected chi connectivity index (χ2v) is 5.75. The number of hydrogen-bond acceptors (Lipinski definition) is 7. The van der Waals surface area contributed by atoms with Crippen LogP contribution in [0.25, 0.3) is 0 Å². The van der Waals surface area contributed by atoms with Gasteiger partial charge < -0.3 is 20.1 Å².